The predicted molar refractivity (Wildman–Crippen MR) is 89.9 cm³/mol. The fraction of sp³-hybridized carbons (Fsp3) is 0.211. The highest BCUT2D eigenvalue weighted by molar-refractivity contribution is 5.96. The second-order valence-electron chi connectivity index (χ2n) is 5.47. The molecular weight excluding hydrogens is 307 g/mol. The molecule has 0 aliphatic rings. The van der Waals surface area contributed by atoms with Crippen LogP contribution in [0.1, 0.15) is 35.5 Å². The van der Waals surface area contributed by atoms with E-state index in [0.717, 1.165) is 11.1 Å². The number of Topliss-reactive ketones (excluding diaryl/α,β-unsaturated/α-hetero) is 1. The van der Waals surface area contributed by atoms with Crippen LogP contribution < -0.4 is 4.74 Å². The molecule has 122 valence electrons. The summed E-state index contributed by atoms with van der Waals surface area (Å²) < 4.78 is 19.5. The van der Waals surface area contributed by atoms with Crippen LogP contribution >= 0.6 is 0 Å². The van der Waals surface area contributed by atoms with Gasteiger partial charge in [0.05, 0.1) is 6.61 Å². The lowest BCUT2D eigenvalue weighted by Crippen LogP contribution is -2.02. The van der Waals surface area contributed by atoms with Crippen molar-refractivity contribution in [3.8, 4) is 5.88 Å². The Morgan fingerprint density at radius 1 is 1.25 bits per heavy atom. The van der Waals surface area contributed by atoms with Crippen molar-refractivity contribution < 1.29 is 13.9 Å². The van der Waals surface area contributed by atoms with Crippen molar-refractivity contribution in [3.63, 3.8) is 0 Å². The normalized spacial score (nSPS) is 10.8. The van der Waals surface area contributed by atoms with Gasteiger partial charge in [-0.05, 0) is 42.7 Å². The molecule has 0 aliphatic carbocycles. The van der Waals surface area contributed by atoms with Crippen molar-refractivity contribution >= 4 is 16.7 Å². The Balaban J connectivity index is 2.09. The van der Waals surface area contributed by atoms with Crippen molar-refractivity contribution in [1.82, 2.24) is 9.97 Å². The molecule has 0 unspecified atom stereocenters. The molecule has 0 saturated heterocycles. The van der Waals surface area contributed by atoms with Crippen LogP contribution in [0.5, 0.6) is 5.88 Å². The first-order valence-electron chi connectivity index (χ1n) is 7.75. The number of nitrogens with zero attached hydrogens (tertiary/aromatic N) is 2. The van der Waals surface area contributed by atoms with E-state index in [2.05, 4.69) is 9.97 Å². The summed E-state index contributed by atoms with van der Waals surface area (Å²) >= 11 is 0. The van der Waals surface area contributed by atoms with Gasteiger partial charge in [0.2, 0.25) is 5.88 Å². The molecule has 0 aliphatic heterocycles. The summed E-state index contributed by atoms with van der Waals surface area (Å²) in [6, 6.07) is 10.3. The second kappa shape index (κ2) is 6.74. The van der Waals surface area contributed by atoms with Gasteiger partial charge in [0.1, 0.15) is 17.0 Å². The van der Waals surface area contributed by atoms with Crippen molar-refractivity contribution in [2.45, 2.75) is 20.3 Å². The molecular formula is C19H17FN2O2. The predicted octanol–water partition coefficient (Wildman–Crippen LogP) is 3.96. The molecule has 0 saturated carbocycles. The average molecular weight is 324 g/mol. The molecule has 0 fully saturated rings. The number of ether oxygens (including phenoxy) is 1. The largest absolute Gasteiger partial charge is 0.478 e. The third kappa shape index (κ3) is 3.25. The number of para-hydroxylation sites is 1. The molecule has 4 nitrogen and oxygen atoms in total. The van der Waals surface area contributed by atoms with Gasteiger partial charge in [-0.3, -0.25) is 4.79 Å². The van der Waals surface area contributed by atoms with Crippen molar-refractivity contribution in [1.29, 1.82) is 0 Å². The highest BCUT2D eigenvalue weighted by Gasteiger charge is 2.12. The molecule has 0 radical (unpaired) electrons. The highest BCUT2D eigenvalue weighted by Crippen LogP contribution is 2.24. The highest BCUT2D eigenvalue weighted by atomic mass is 19.1. The zero-order chi connectivity index (χ0) is 17.1. The van der Waals surface area contributed by atoms with Crippen molar-refractivity contribution in [2.24, 2.45) is 0 Å². The van der Waals surface area contributed by atoms with Gasteiger partial charge in [-0.25, -0.2) is 14.4 Å². The number of halogens is 1. The first-order valence-corrected chi connectivity index (χ1v) is 7.75. The zero-order valence-corrected chi connectivity index (χ0v) is 13.5. The average Bonchev–Trinajstić information content (AvgIpc) is 2.56. The fourth-order valence-corrected chi connectivity index (χ4v) is 2.62. The Labute approximate surface area is 139 Å². The summed E-state index contributed by atoms with van der Waals surface area (Å²) in [7, 11) is 0. The Morgan fingerprint density at radius 3 is 2.83 bits per heavy atom. The zero-order valence-electron chi connectivity index (χ0n) is 13.5. The molecule has 0 atom stereocenters. The fourth-order valence-electron chi connectivity index (χ4n) is 2.62. The van der Waals surface area contributed by atoms with Crippen LogP contribution in [0.4, 0.5) is 4.39 Å². The molecule has 24 heavy (non-hydrogen) atoms. The van der Waals surface area contributed by atoms with Gasteiger partial charge >= 0.3 is 0 Å². The van der Waals surface area contributed by atoms with Gasteiger partial charge in [-0.15, -0.1) is 0 Å². The Bertz CT molecular complexity index is 909. The molecule has 3 rings (SSSR count). The van der Waals surface area contributed by atoms with E-state index in [1.165, 1.54) is 13.0 Å². The Morgan fingerprint density at radius 2 is 2.08 bits per heavy atom. The van der Waals surface area contributed by atoms with E-state index in [4.69, 9.17) is 4.74 Å². The number of aromatic nitrogens is 2. The maximum Gasteiger partial charge on any atom is 0.213 e. The summed E-state index contributed by atoms with van der Waals surface area (Å²) in [6.07, 6.45) is 2.21. The van der Waals surface area contributed by atoms with E-state index >= 15 is 0 Å². The molecule has 0 amide bonds. The quantitative estimate of drug-likeness (QED) is 0.667. The Kier molecular flexibility index (Phi) is 4.51. The van der Waals surface area contributed by atoms with Crippen LogP contribution in [0.25, 0.3) is 10.9 Å². The lowest BCUT2D eigenvalue weighted by Gasteiger charge is -2.10. The van der Waals surface area contributed by atoms with Crippen LogP contribution in [0, 0.1) is 5.82 Å². The Hall–Kier alpha value is -2.82. The molecule has 0 N–H and O–H groups in total. The maximum absolute atomic E-state index is 14.1. The number of carbonyl (C=O) groups is 1. The minimum absolute atomic E-state index is 0.189. The van der Waals surface area contributed by atoms with Gasteiger partial charge in [0.15, 0.2) is 5.78 Å². The number of fused-ring (bicyclic) bond motifs is 1. The summed E-state index contributed by atoms with van der Waals surface area (Å²) in [5.41, 5.74) is 2.30. The van der Waals surface area contributed by atoms with Gasteiger partial charge in [0, 0.05) is 24.6 Å². The van der Waals surface area contributed by atoms with Crippen LogP contribution in [0.15, 0.2) is 42.6 Å². The lowest BCUT2D eigenvalue weighted by atomic mass is 10.00. The third-order valence-electron chi connectivity index (χ3n) is 3.72. The second-order valence-corrected chi connectivity index (χ2v) is 5.47. The molecule has 3 aromatic rings. The van der Waals surface area contributed by atoms with Gasteiger partial charge in [-0.2, -0.15) is 0 Å². The van der Waals surface area contributed by atoms with E-state index in [-0.39, 0.29) is 17.0 Å². The van der Waals surface area contributed by atoms with Gasteiger partial charge < -0.3 is 4.74 Å². The number of pyridine rings is 2. The van der Waals surface area contributed by atoms with Crippen LogP contribution in [-0.4, -0.2) is 22.4 Å². The standard InChI is InChI=1S/C19H17FN2O2/c1-3-24-18-10-13(7-8-21-18)9-14-11-17(12(2)23)22-19-15(14)5-4-6-16(19)20/h4-8,10-11H,3,9H2,1-2H3. The van der Waals surface area contributed by atoms with E-state index < -0.39 is 5.82 Å². The number of hydrogen-bond donors (Lipinski definition) is 0. The number of rotatable bonds is 5. The van der Waals surface area contributed by atoms with Crippen LogP contribution in [0.3, 0.4) is 0 Å². The lowest BCUT2D eigenvalue weighted by molar-refractivity contribution is 0.101. The number of carbonyl (C=O) groups excluding carboxylic acids is 1. The molecule has 0 bridgehead atoms. The first-order chi connectivity index (χ1) is 11.6. The van der Waals surface area contributed by atoms with E-state index in [1.54, 1.807) is 18.3 Å². The van der Waals surface area contributed by atoms with E-state index in [1.807, 2.05) is 25.1 Å². The molecule has 1 aromatic carbocycles. The van der Waals surface area contributed by atoms with Gasteiger partial charge in [0.25, 0.3) is 0 Å². The maximum atomic E-state index is 14.1. The number of hydrogen-bond acceptors (Lipinski definition) is 4. The molecule has 5 heteroatoms. The molecule has 2 aromatic heterocycles. The summed E-state index contributed by atoms with van der Waals surface area (Å²) in [6.45, 7) is 3.86. The topological polar surface area (TPSA) is 52.1 Å². The summed E-state index contributed by atoms with van der Waals surface area (Å²) in [5, 5.41) is 0.703. The van der Waals surface area contributed by atoms with E-state index in [9.17, 15) is 9.18 Å². The van der Waals surface area contributed by atoms with Gasteiger partial charge in [-0.1, -0.05) is 12.1 Å². The third-order valence-corrected chi connectivity index (χ3v) is 3.72. The minimum atomic E-state index is -0.429. The van der Waals surface area contributed by atoms with E-state index in [0.29, 0.717) is 24.3 Å². The smallest absolute Gasteiger partial charge is 0.213 e. The molecule has 0 spiro atoms. The monoisotopic (exact) mass is 324 g/mol. The van der Waals surface area contributed by atoms with Crippen molar-refractivity contribution in [2.75, 3.05) is 6.61 Å². The number of ketones is 1. The van der Waals surface area contributed by atoms with Crippen LogP contribution in [0.2, 0.25) is 0 Å². The first kappa shape index (κ1) is 16.1. The number of benzene rings is 1. The molecule has 2 heterocycles. The minimum Gasteiger partial charge on any atom is -0.478 e. The van der Waals surface area contributed by atoms with Crippen LogP contribution in [-0.2, 0) is 6.42 Å². The summed E-state index contributed by atoms with van der Waals surface area (Å²) in [4.78, 5) is 20.0. The van der Waals surface area contributed by atoms with Crippen molar-refractivity contribution in [3.05, 3.63) is 65.2 Å². The summed E-state index contributed by atoms with van der Waals surface area (Å²) in [5.74, 6) is -0.0703. The SMILES string of the molecule is CCOc1cc(Cc2cc(C(C)=O)nc3c(F)cccc23)ccn1.